The molecule has 1 aliphatic heterocycles. The lowest BCUT2D eigenvalue weighted by Gasteiger charge is -2.20. The molecular weight excluding hydrogens is 524 g/mol. The fraction of sp³-hybridized carbons (Fsp3) is 0.290. The molecule has 0 radical (unpaired) electrons. The minimum absolute atomic E-state index is 0.0644. The van der Waals surface area contributed by atoms with E-state index in [1.165, 1.54) is 17.2 Å². The first-order valence-electron chi connectivity index (χ1n) is 13.0. The number of carbonyl (C=O) groups is 3. The summed E-state index contributed by atoms with van der Waals surface area (Å²) in [4.78, 5) is 43.6. The first-order chi connectivity index (χ1) is 19.5. The Kier molecular flexibility index (Phi) is 8.90. The average molecular weight is 557 g/mol. The Hall–Kier alpha value is -4.88. The molecule has 0 saturated heterocycles. The zero-order valence-corrected chi connectivity index (χ0v) is 23.3. The number of anilines is 1. The smallest absolute Gasteiger partial charge is 0.322 e. The molecule has 0 bridgehead atoms. The number of esters is 1. The predicted molar refractivity (Wildman–Crippen MR) is 153 cm³/mol. The Balaban J connectivity index is 1.44. The number of fused-ring (bicyclic) bond motifs is 1. The van der Waals surface area contributed by atoms with Crippen molar-refractivity contribution in [2.24, 2.45) is 11.1 Å². The van der Waals surface area contributed by atoms with Gasteiger partial charge in [-0.3, -0.25) is 19.4 Å². The molecule has 0 spiro atoms. The van der Waals surface area contributed by atoms with Crippen LogP contribution in [0.5, 0.6) is 17.2 Å². The summed E-state index contributed by atoms with van der Waals surface area (Å²) in [6, 6.07) is 15.9. The Bertz CT molecular complexity index is 1490. The number of nitrogens with two attached hydrogens (primary N) is 1. The first kappa shape index (κ1) is 29.1. The number of pyridine rings is 1. The lowest BCUT2D eigenvalue weighted by molar-refractivity contribution is -0.146. The highest BCUT2D eigenvalue weighted by Crippen LogP contribution is 2.32. The van der Waals surface area contributed by atoms with E-state index in [0.717, 1.165) is 0 Å². The van der Waals surface area contributed by atoms with E-state index in [-0.39, 0.29) is 24.8 Å². The van der Waals surface area contributed by atoms with Gasteiger partial charge in [0, 0.05) is 24.9 Å². The lowest BCUT2D eigenvalue weighted by Crippen LogP contribution is -2.49. The van der Waals surface area contributed by atoms with Gasteiger partial charge in [-0.05, 0) is 57.2 Å². The van der Waals surface area contributed by atoms with E-state index in [1.807, 2.05) is 32.0 Å². The molecule has 41 heavy (non-hydrogen) atoms. The second-order valence-corrected chi connectivity index (χ2v) is 10.2. The zero-order chi connectivity index (χ0) is 29.6. The highest BCUT2D eigenvalue weighted by molar-refractivity contribution is 6.03. The fourth-order valence-corrected chi connectivity index (χ4v) is 3.80. The Morgan fingerprint density at radius 3 is 2.66 bits per heavy atom. The molecular formula is C31H32N4O6. The van der Waals surface area contributed by atoms with E-state index in [1.54, 1.807) is 50.4 Å². The highest BCUT2D eigenvalue weighted by atomic mass is 16.5. The van der Waals surface area contributed by atoms with Crippen LogP contribution in [0.1, 0.15) is 36.8 Å². The maximum Gasteiger partial charge on any atom is 0.322 e. The molecule has 0 saturated carbocycles. The van der Waals surface area contributed by atoms with Crippen molar-refractivity contribution >= 4 is 23.5 Å². The summed E-state index contributed by atoms with van der Waals surface area (Å²) < 4.78 is 16.9. The quantitative estimate of drug-likeness (QED) is 0.335. The maximum absolute atomic E-state index is 13.3. The molecule has 2 atom stereocenters. The number of nitrogens with one attached hydrogen (secondary N) is 1. The number of aromatic nitrogens is 1. The van der Waals surface area contributed by atoms with Crippen molar-refractivity contribution in [3.63, 3.8) is 0 Å². The standard InChI is InChI=1S/C31H32N4O6/c1-20(32)30(38)40-19-31(2,3)14-12-21-10-11-27-26(16-21)35(4)29(37)25(18-39-27)34-28(36)24-17-23(13-15-33-24)41-22-8-6-5-7-9-22/h5-11,13,15-17,20,25H,18-19,32H2,1-4H3,(H,34,36)/t20-,25-/m0/s1. The molecule has 2 aromatic carbocycles. The van der Waals surface area contributed by atoms with Crippen molar-refractivity contribution in [3.8, 4) is 29.1 Å². The fourth-order valence-electron chi connectivity index (χ4n) is 3.80. The Morgan fingerprint density at radius 2 is 1.93 bits per heavy atom. The monoisotopic (exact) mass is 556 g/mol. The second kappa shape index (κ2) is 12.5. The van der Waals surface area contributed by atoms with Gasteiger partial charge in [0.05, 0.1) is 11.1 Å². The normalized spacial score (nSPS) is 15.3. The van der Waals surface area contributed by atoms with Crippen LogP contribution in [0.3, 0.4) is 0 Å². The number of benzene rings is 2. The number of ether oxygens (including phenoxy) is 3. The largest absolute Gasteiger partial charge is 0.489 e. The van der Waals surface area contributed by atoms with Crippen LogP contribution in [0, 0.1) is 17.3 Å². The molecule has 2 amide bonds. The van der Waals surface area contributed by atoms with E-state index in [4.69, 9.17) is 19.9 Å². The van der Waals surface area contributed by atoms with Crippen molar-refractivity contribution in [2.75, 3.05) is 25.2 Å². The summed E-state index contributed by atoms with van der Waals surface area (Å²) >= 11 is 0. The first-order valence-corrected chi connectivity index (χ1v) is 13.0. The van der Waals surface area contributed by atoms with Crippen LogP contribution in [-0.2, 0) is 14.3 Å². The van der Waals surface area contributed by atoms with Gasteiger partial charge in [-0.25, -0.2) is 0 Å². The van der Waals surface area contributed by atoms with E-state index in [9.17, 15) is 14.4 Å². The molecule has 10 heteroatoms. The van der Waals surface area contributed by atoms with Gasteiger partial charge in [-0.15, -0.1) is 0 Å². The SMILES string of the molecule is C[C@H](N)C(=O)OCC(C)(C)C#Cc1ccc2c(c1)N(C)C(=O)[C@@H](NC(=O)c1cc(Oc3ccccc3)ccn1)CO2. The third kappa shape index (κ3) is 7.62. The molecule has 1 aromatic heterocycles. The molecule has 3 N–H and O–H groups in total. The van der Waals surface area contributed by atoms with Crippen LogP contribution in [0.2, 0.25) is 0 Å². The van der Waals surface area contributed by atoms with Gasteiger partial charge >= 0.3 is 5.97 Å². The number of hydrogen-bond acceptors (Lipinski definition) is 8. The van der Waals surface area contributed by atoms with Gasteiger partial charge in [0.25, 0.3) is 11.8 Å². The Morgan fingerprint density at radius 1 is 1.17 bits per heavy atom. The molecule has 1 aliphatic rings. The van der Waals surface area contributed by atoms with Crippen LogP contribution in [-0.4, -0.2) is 55.1 Å². The summed E-state index contributed by atoms with van der Waals surface area (Å²) in [6.07, 6.45) is 1.47. The topological polar surface area (TPSA) is 133 Å². The van der Waals surface area contributed by atoms with E-state index >= 15 is 0 Å². The summed E-state index contributed by atoms with van der Waals surface area (Å²) in [5.41, 5.74) is 6.17. The van der Waals surface area contributed by atoms with Crippen molar-refractivity contribution in [2.45, 2.75) is 32.9 Å². The van der Waals surface area contributed by atoms with E-state index in [0.29, 0.717) is 28.5 Å². The van der Waals surface area contributed by atoms with E-state index in [2.05, 4.69) is 22.1 Å². The van der Waals surface area contributed by atoms with Crippen molar-refractivity contribution < 1.29 is 28.6 Å². The van der Waals surface area contributed by atoms with Crippen LogP contribution >= 0.6 is 0 Å². The predicted octanol–water partition coefficient (Wildman–Crippen LogP) is 3.30. The van der Waals surface area contributed by atoms with Crippen molar-refractivity contribution in [1.82, 2.24) is 10.3 Å². The van der Waals surface area contributed by atoms with Gasteiger partial charge in [0.2, 0.25) is 0 Å². The molecule has 212 valence electrons. The van der Waals surface area contributed by atoms with Gasteiger partial charge in [-0.2, -0.15) is 0 Å². The number of carbonyl (C=O) groups excluding carboxylic acids is 3. The Labute approximate surface area is 238 Å². The third-order valence-corrected chi connectivity index (χ3v) is 6.10. The van der Waals surface area contributed by atoms with Gasteiger partial charge in [-0.1, -0.05) is 30.0 Å². The minimum Gasteiger partial charge on any atom is -0.489 e. The molecule has 0 aliphatic carbocycles. The number of likely N-dealkylation sites (N-methyl/N-ethyl adjacent to an activating group) is 1. The summed E-state index contributed by atoms with van der Waals surface area (Å²) in [6.45, 7) is 5.28. The summed E-state index contributed by atoms with van der Waals surface area (Å²) in [5, 5.41) is 2.72. The minimum atomic E-state index is -0.950. The number of para-hydroxylation sites is 1. The molecule has 0 unspecified atom stereocenters. The molecule has 2 heterocycles. The molecule has 10 nitrogen and oxygen atoms in total. The van der Waals surface area contributed by atoms with E-state index < -0.39 is 29.4 Å². The summed E-state index contributed by atoms with van der Waals surface area (Å²) in [7, 11) is 1.61. The van der Waals surface area contributed by atoms with Crippen LogP contribution in [0.4, 0.5) is 5.69 Å². The molecule has 0 fully saturated rings. The number of rotatable bonds is 7. The van der Waals surface area contributed by atoms with Gasteiger partial charge < -0.3 is 30.2 Å². The molecule has 4 rings (SSSR count). The van der Waals surface area contributed by atoms with Crippen LogP contribution in [0.15, 0.2) is 66.9 Å². The van der Waals surface area contributed by atoms with Gasteiger partial charge in [0.1, 0.15) is 48.2 Å². The van der Waals surface area contributed by atoms with Gasteiger partial charge in [0.15, 0.2) is 0 Å². The number of hydrogen-bond donors (Lipinski definition) is 2. The maximum atomic E-state index is 13.3. The molecule has 3 aromatic rings. The van der Waals surface area contributed by atoms with Crippen LogP contribution < -0.4 is 25.4 Å². The number of nitrogens with zero attached hydrogens (tertiary/aromatic N) is 2. The van der Waals surface area contributed by atoms with Crippen molar-refractivity contribution in [3.05, 3.63) is 78.1 Å². The second-order valence-electron chi connectivity index (χ2n) is 10.2. The zero-order valence-electron chi connectivity index (χ0n) is 23.3. The average Bonchev–Trinajstić information content (AvgIpc) is 3.07. The van der Waals surface area contributed by atoms with Crippen LogP contribution in [0.25, 0.3) is 0 Å². The van der Waals surface area contributed by atoms with Crippen molar-refractivity contribution in [1.29, 1.82) is 0 Å². The highest BCUT2D eigenvalue weighted by Gasteiger charge is 2.31. The lowest BCUT2D eigenvalue weighted by atomic mass is 9.95. The number of amides is 2. The summed E-state index contributed by atoms with van der Waals surface area (Å²) in [5.74, 6) is 6.32. The third-order valence-electron chi connectivity index (χ3n) is 6.10.